The zero-order chi connectivity index (χ0) is 28.9. The fraction of sp³-hybridized carbons (Fsp3) is 0.438. The minimum atomic E-state index is -1.08. The molecule has 0 bridgehead atoms. The molecule has 0 radical (unpaired) electrons. The highest BCUT2D eigenvalue weighted by atomic mass is 16.5. The van der Waals surface area contributed by atoms with E-state index >= 15 is 0 Å². The Morgan fingerprint density at radius 2 is 1.71 bits per heavy atom. The molecule has 3 aromatic rings. The standard InChI is InChI=1S/C32H41N5O4/c33-17-9-3-8-14-29-28(31(40)37(24-30(38)39)20-21-41-27-12-6-2-7-13-27)23-34-32(35-29)36-18-15-26(16-19-36)22-25-10-4-1-5-11-25/h1-2,4-7,10-13,23,26H,3,8-9,14-22,24,33H2,(H,38,39). The molecule has 1 fully saturated rings. The molecule has 1 aromatic heterocycles. The first-order valence-electron chi connectivity index (χ1n) is 14.6. The predicted molar refractivity (Wildman–Crippen MR) is 159 cm³/mol. The normalized spacial score (nSPS) is 13.6. The second kappa shape index (κ2) is 15.7. The summed E-state index contributed by atoms with van der Waals surface area (Å²) in [5.74, 6) is 0.430. The van der Waals surface area contributed by atoms with Crippen LogP contribution < -0.4 is 15.4 Å². The summed E-state index contributed by atoms with van der Waals surface area (Å²) in [5, 5.41) is 9.51. The Bertz CT molecular complexity index is 1230. The molecule has 0 saturated carbocycles. The van der Waals surface area contributed by atoms with Crippen LogP contribution in [0.3, 0.4) is 0 Å². The van der Waals surface area contributed by atoms with Crippen LogP contribution in [0.1, 0.15) is 53.7 Å². The minimum absolute atomic E-state index is 0.128. The molecule has 218 valence electrons. The van der Waals surface area contributed by atoms with Gasteiger partial charge in [-0.25, -0.2) is 9.97 Å². The number of anilines is 1. The van der Waals surface area contributed by atoms with Gasteiger partial charge in [-0.05, 0) is 68.7 Å². The molecule has 1 aliphatic heterocycles. The van der Waals surface area contributed by atoms with Gasteiger partial charge in [-0.15, -0.1) is 0 Å². The van der Waals surface area contributed by atoms with Crippen molar-refractivity contribution in [2.45, 2.75) is 44.9 Å². The highest BCUT2D eigenvalue weighted by molar-refractivity contribution is 5.96. The first-order chi connectivity index (χ1) is 20.0. The molecule has 1 aliphatic rings. The van der Waals surface area contributed by atoms with Gasteiger partial charge in [-0.2, -0.15) is 0 Å². The number of carbonyl (C=O) groups excluding carboxylic acids is 1. The van der Waals surface area contributed by atoms with Crippen LogP contribution in [0, 0.1) is 5.92 Å². The summed E-state index contributed by atoms with van der Waals surface area (Å²) in [6.45, 7) is 2.21. The first kappa shape index (κ1) is 30.0. The topological polar surface area (TPSA) is 122 Å². The maximum Gasteiger partial charge on any atom is 0.323 e. The maximum absolute atomic E-state index is 13.6. The van der Waals surface area contributed by atoms with Gasteiger partial charge in [0.15, 0.2) is 0 Å². The Hall–Kier alpha value is -3.98. The number of carbonyl (C=O) groups is 2. The Morgan fingerprint density at radius 1 is 1.00 bits per heavy atom. The third kappa shape index (κ3) is 9.28. The number of piperidine rings is 1. The van der Waals surface area contributed by atoms with E-state index in [1.807, 2.05) is 36.4 Å². The maximum atomic E-state index is 13.6. The number of nitrogens with zero attached hydrogens (tertiary/aromatic N) is 4. The summed E-state index contributed by atoms with van der Waals surface area (Å²) < 4.78 is 5.73. The van der Waals surface area contributed by atoms with Crippen LogP contribution in [0.4, 0.5) is 5.95 Å². The number of hydrogen-bond donors (Lipinski definition) is 2. The van der Waals surface area contributed by atoms with Crippen LogP contribution in [0.25, 0.3) is 0 Å². The van der Waals surface area contributed by atoms with Crippen LogP contribution >= 0.6 is 0 Å². The fourth-order valence-electron chi connectivity index (χ4n) is 5.20. The van der Waals surface area contributed by atoms with Crippen molar-refractivity contribution in [3.63, 3.8) is 0 Å². The number of ether oxygens (including phenoxy) is 1. The Kier molecular flexibility index (Phi) is 11.5. The molecule has 9 nitrogen and oxygen atoms in total. The minimum Gasteiger partial charge on any atom is -0.492 e. The Balaban J connectivity index is 1.45. The molecule has 0 spiro atoms. The van der Waals surface area contributed by atoms with Crippen molar-refractivity contribution in [2.75, 3.05) is 44.2 Å². The van der Waals surface area contributed by atoms with Crippen LogP contribution in [0.2, 0.25) is 0 Å². The van der Waals surface area contributed by atoms with Crippen molar-refractivity contribution in [1.29, 1.82) is 0 Å². The van der Waals surface area contributed by atoms with Crippen LogP contribution in [0.5, 0.6) is 5.75 Å². The van der Waals surface area contributed by atoms with E-state index in [0.29, 0.717) is 41.8 Å². The lowest BCUT2D eigenvalue weighted by Gasteiger charge is -2.32. The molecule has 0 atom stereocenters. The van der Waals surface area contributed by atoms with Gasteiger partial charge in [0, 0.05) is 19.3 Å². The third-order valence-electron chi connectivity index (χ3n) is 7.45. The second-order valence-corrected chi connectivity index (χ2v) is 10.5. The number of carboxylic acid groups (broad SMARTS) is 1. The molecule has 1 amide bonds. The van der Waals surface area contributed by atoms with Gasteiger partial charge in [-0.1, -0.05) is 55.0 Å². The average Bonchev–Trinajstić information content (AvgIpc) is 3.00. The van der Waals surface area contributed by atoms with E-state index in [-0.39, 0.29) is 13.2 Å². The zero-order valence-corrected chi connectivity index (χ0v) is 23.7. The quantitative estimate of drug-likeness (QED) is 0.266. The fourth-order valence-corrected chi connectivity index (χ4v) is 5.20. The molecule has 2 heterocycles. The molecule has 3 N–H and O–H groups in total. The van der Waals surface area contributed by atoms with Crippen molar-refractivity contribution < 1.29 is 19.4 Å². The van der Waals surface area contributed by atoms with E-state index in [0.717, 1.165) is 51.6 Å². The number of hydrogen-bond acceptors (Lipinski definition) is 7. The number of benzene rings is 2. The van der Waals surface area contributed by atoms with Crippen LogP contribution in [0.15, 0.2) is 66.9 Å². The number of aryl methyl sites for hydroxylation is 1. The molecule has 0 unspecified atom stereocenters. The molecule has 0 aliphatic carbocycles. The Labute approximate surface area is 242 Å². The Morgan fingerprint density at radius 3 is 2.39 bits per heavy atom. The number of nitrogens with two attached hydrogens (primary N) is 1. The summed E-state index contributed by atoms with van der Waals surface area (Å²) in [4.78, 5) is 38.2. The van der Waals surface area contributed by atoms with Crippen molar-refractivity contribution in [2.24, 2.45) is 11.7 Å². The van der Waals surface area contributed by atoms with Gasteiger partial charge in [0.25, 0.3) is 5.91 Å². The van der Waals surface area contributed by atoms with Crippen molar-refractivity contribution in [3.8, 4) is 5.75 Å². The lowest BCUT2D eigenvalue weighted by molar-refractivity contribution is -0.137. The van der Waals surface area contributed by atoms with E-state index in [1.165, 1.54) is 10.5 Å². The van der Waals surface area contributed by atoms with Gasteiger partial charge in [-0.3, -0.25) is 9.59 Å². The lowest BCUT2D eigenvalue weighted by Crippen LogP contribution is -2.39. The highest BCUT2D eigenvalue weighted by Gasteiger charge is 2.26. The number of unbranched alkanes of at least 4 members (excludes halogenated alkanes) is 2. The summed E-state index contributed by atoms with van der Waals surface area (Å²) in [5.41, 5.74) is 8.05. The molecular weight excluding hydrogens is 518 g/mol. The van der Waals surface area contributed by atoms with E-state index in [4.69, 9.17) is 15.5 Å². The summed E-state index contributed by atoms with van der Waals surface area (Å²) in [7, 11) is 0. The SMILES string of the molecule is NCCCCCc1nc(N2CCC(Cc3ccccc3)CC2)ncc1C(=O)N(CCOc1ccccc1)CC(=O)O. The molecule has 1 saturated heterocycles. The molecule has 9 heteroatoms. The molecular formula is C32H41N5O4. The molecule has 4 rings (SSSR count). The van der Waals surface area contributed by atoms with Gasteiger partial charge in [0.2, 0.25) is 5.95 Å². The number of amides is 1. The number of para-hydroxylation sites is 1. The summed E-state index contributed by atoms with van der Waals surface area (Å²) >= 11 is 0. The number of carboxylic acids is 1. The van der Waals surface area contributed by atoms with Gasteiger partial charge < -0.3 is 25.4 Å². The van der Waals surface area contributed by atoms with Crippen LogP contribution in [-0.2, 0) is 17.6 Å². The molecule has 41 heavy (non-hydrogen) atoms. The first-order valence-corrected chi connectivity index (χ1v) is 14.6. The zero-order valence-electron chi connectivity index (χ0n) is 23.7. The van der Waals surface area contributed by atoms with Crippen LogP contribution in [-0.4, -0.2) is 71.2 Å². The smallest absolute Gasteiger partial charge is 0.323 e. The average molecular weight is 560 g/mol. The lowest BCUT2D eigenvalue weighted by atomic mass is 9.90. The monoisotopic (exact) mass is 559 g/mol. The summed E-state index contributed by atoms with van der Waals surface area (Å²) in [6.07, 6.45) is 8.02. The third-order valence-corrected chi connectivity index (χ3v) is 7.45. The van der Waals surface area contributed by atoms with E-state index in [2.05, 4.69) is 34.1 Å². The predicted octanol–water partition coefficient (Wildman–Crippen LogP) is 4.21. The highest BCUT2D eigenvalue weighted by Crippen LogP contribution is 2.25. The second-order valence-electron chi connectivity index (χ2n) is 10.5. The van der Waals surface area contributed by atoms with E-state index < -0.39 is 18.4 Å². The largest absolute Gasteiger partial charge is 0.492 e. The summed E-state index contributed by atoms with van der Waals surface area (Å²) in [6, 6.07) is 19.8. The number of aliphatic carboxylic acids is 1. The number of rotatable bonds is 15. The van der Waals surface area contributed by atoms with Crippen molar-refractivity contribution in [3.05, 3.63) is 83.7 Å². The van der Waals surface area contributed by atoms with E-state index in [1.54, 1.807) is 6.20 Å². The number of aromatic nitrogens is 2. The van der Waals surface area contributed by atoms with Gasteiger partial charge in [0.1, 0.15) is 18.9 Å². The van der Waals surface area contributed by atoms with E-state index in [9.17, 15) is 14.7 Å². The molecule has 2 aromatic carbocycles. The van der Waals surface area contributed by atoms with Crippen molar-refractivity contribution >= 4 is 17.8 Å². The van der Waals surface area contributed by atoms with Gasteiger partial charge >= 0.3 is 5.97 Å². The van der Waals surface area contributed by atoms with Gasteiger partial charge in [0.05, 0.1) is 17.8 Å². The van der Waals surface area contributed by atoms with Crippen molar-refractivity contribution in [1.82, 2.24) is 14.9 Å².